The number of benzene rings is 4. The van der Waals surface area contributed by atoms with Crippen molar-refractivity contribution in [2.75, 3.05) is 0 Å². The van der Waals surface area contributed by atoms with Crippen LogP contribution in [0.1, 0.15) is 0 Å². The molecule has 0 N–H and O–H groups in total. The van der Waals surface area contributed by atoms with Crippen molar-refractivity contribution in [1.29, 1.82) is 0 Å². The second kappa shape index (κ2) is 5.48. The van der Waals surface area contributed by atoms with Crippen LogP contribution in [-0.2, 0) is 0 Å². The van der Waals surface area contributed by atoms with Gasteiger partial charge in [-0.2, -0.15) is 0 Å². The summed E-state index contributed by atoms with van der Waals surface area (Å²) in [6.07, 6.45) is 0. The molecule has 3 heteroatoms. The number of hydrogen-bond donors (Lipinski definition) is 0. The van der Waals surface area contributed by atoms with Gasteiger partial charge in [-0.05, 0) is 42.5 Å². The van der Waals surface area contributed by atoms with E-state index in [2.05, 4.69) is 93.3 Å². The lowest BCUT2D eigenvalue weighted by molar-refractivity contribution is 0.669. The van der Waals surface area contributed by atoms with E-state index >= 15 is 0 Å². The smallest absolute Gasteiger partial charge is 0.137 e. The molecule has 4 aromatic carbocycles. The average Bonchev–Trinajstić information content (AvgIpc) is 3.24. The van der Waals surface area contributed by atoms with Crippen LogP contribution in [0.3, 0.4) is 0 Å². The molecule has 0 bridgehead atoms. The summed E-state index contributed by atoms with van der Waals surface area (Å²) in [7, 11) is 0. The van der Waals surface area contributed by atoms with E-state index in [1.807, 2.05) is 12.1 Å². The first-order chi connectivity index (χ1) is 13.3. The van der Waals surface area contributed by atoms with E-state index in [1.165, 1.54) is 21.8 Å². The van der Waals surface area contributed by atoms with E-state index in [1.54, 1.807) is 0 Å². The maximum absolute atomic E-state index is 6.15. The van der Waals surface area contributed by atoms with Crippen molar-refractivity contribution in [3.8, 4) is 5.69 Å². The second-order valence-corrected chi connectivity index (χ2v) is 7.59. The molecular weight excluding hydrogens is 398 g/mol. The van der Waals surface area contributed by atoms with Gasteiger partial charge in [0.1, 0.15) is 11.2 Å². The molecule has 0 fully saturated rings. The van der Waals surface area contributed by atoms with Crippen LogP contribution < -0.4 is 0 Å². The van der Waals surface area contributed by atoms with Gasteiger partial charge in [0, 0.05) is 26.3 Å². The van der Waals surface area contributed by atoms with Crippen molar-refractivity contribution >= 4 is 59.7 Å². The van der Waals surface area contributed by atoms with E-state index in [0.717, 1.165) is 32.1 Å². The summed E-state index contributed by atoms with van der Waals surface area (Å²) in [4.78, 5) is 0. The van der Waals surface area contributed by atoms with Crippen LogP contribution in [0.25, 0.3) is 49.4 Å². The standard InChI is InChI=1S/C24H14BrNO/c25-18-10-6-11-19-22(18)17-13-14-21-23(16-9-4-5-12-20(16)27-21)24(17)26(19)15-7-2-1-3-8-15/h1-14H. The molecule has 2 aromatic heterocycles. The summed E-state index contributed by atoms with van der Waals surface area (Å²) in [6, 6.07) is 29.4. The topological polar surface area (TPSA) is 18.1 Å². The predicted octanol–water partition coefficient (Wildman–Crippen LogP) is 7.45. The number of furan rings is 1. The fourth-order valence-corrected chi connectivity index (χ4v) is 4.73. The fraction of sp³-hybridized carbons (Fsp3) is 0. The van der Waals surface area contributed by atoms with Gasteiger partial charge in [-0.1, -0.05) is 58.4 Å². The Morgan fingerprint density at radius 1 is 0.630 bits per heavy atom. The number of hydrogen-bond acceptors (Lipinski definition) is 1. The third kappa shape index (κ3) is 2.00. The van der Waals surface area contributed by atoms with Gasteiger partial charge in [0.2, 0.25) is 0 Å². The molecule has 0 saturated heterocycles. The lowest BCUT2D eigenvalue weighted by Crippen LogP contribution is -1.93. The zero-order chi connectivity index (χ0) is 18.0. The Labute approximate surface area is 163 Å². The maximum atomic E-state index is 6.15. The molecule has 0 radical (unpaired) electrons. The monoisotopic (exact) mass is 411 g/mol. The van der Waals surface area contributed by atoms with Gasteiger partial charge >= 0.3 is 0 Å². The van der Waals surface area contributed by atoms with Crippen LogP contribution in [0, 0.1) is 0 Å². The molecule has 0 amide bonds. The van der Waals surface area contributed by atoms with Crippen molar-refractivity contribution < 1.29 is 4.42 Å². The molecule has 0 atom stereocenters. The first-order valence-corrected chi connectivity index (χ1v) is 9.70. The third-order valence-corrected chi connectivity index (χ3v) is 5.92. The highest BCUT2D eigenvalue weighted by Gasteiger charge is 2.19. The number of halogens is 1. The van der Waals surface area contributed by atoms with E-state index < -0.39 is 0 Å². The number of para-hydroxylation sites is 2. The Hall–Kier alpha value is -3.04. The summed E-state index contributed by atoms with van der Waals surface area (Å²) >= 11 is 3.77. The highest BCUT2D eigenvalue weighted by atomic mass is 79.9. The van der Waals surface area contributed by atoms with E-state index in [4.69, 9.17) is 4.42 Å². The summed E-state index contributed by atoms with van der Waals surface area (Å²) < 4.78 is 9.60. The summed E-state index contributed by atoms with van der Waals surface area (Å²) in [5.41, 5.74) is 5.35. The zero-order valence-corrected chi connectivity index (χ0v) is 15.9. The molecule has 0 spiro atoms. The molecule has 6 aromatic rings. The summed E-state index contributed by atoms with van der Waals surface area (Å²) in [5, 5.41) is 4.76. The first-order valence-electron chi connectivity index (χ1n) is 8.91. The lowest BCUT2D eigenvalue weighted by atomic mass is 10.1. The van der Waals surface area contributed by atoms with Crippen LogP contribution in [0.4, 0.5) is 0 Å². The molecule has 0 saturated carbocycles. The first kappa shape index (κ1) is 15.1. The Morgan fingerprint density at radius 2 is 1.44 bits per heavy atom. The highest BCUT2D eigenvalue weighted by Crippen LogP contribution is 2.42. The quantitative estimate of drug-likeness (QED) is 0.274. The Kier molecular flexibility index (Phi) is 3.06. The van der Waals surface area contributed by atoms with E-state index in [9.17, 15) is 0 Å². The maximum Gasteiger partial charge on any atom is 0.137 e. The van der Waals surface area contributed by atoms with Crippen LogP contribution in [0.2, 0.25) is 0 Å². The van der Waals surface area contributed by atoms with Crippen molar-refractivity contribution in [3.05, 3.63) is 89.4 Å². The number of aromatic nitrogens is 1. The Bertz CT molecular complexity index is 1470. The van der Waals surface area contributed by atoms with Crippen molar-refractivity contribution in [2.24, 2.45) is 0 Å². The van der Waals surface area contributed by atoms with Crippen molar-refractivity contribution in [3.63, 3.8) is 0 Å². The molecule has 6 rings (SSSR count). The van der Waals surface area contributed by atoms with Crippen molar-refractivity contribution in [1.82, 2.24) is 4.57 Å². The number of fused-ring (bicyclic) bond motifs is 7. The molecule has 0 aliphatic heterocycles. The van der Waals surface area contributed by atoms with Gasteiger partial charge in [-0.15, -0.1) is 0 Å². The highest BCUT2D eigenvalue weighted by molar-refractivity contribution is 9.10. The number of nitrogens with zero attached hydrogens (tertiary/aromatic N) is 1. The van der Waals surface area contributed by atoms with Crippen LogP contribution in [0.15, 0.2) is 93.8 Å². The van der Waals surface area contributed by atoms with E-state index in [-0.39, 0.29) is 0 Å². The zero-order valence-electron chi connectivity index (χ0n) is 14.3. The largest absolute Gasteiger partial charge is 0.456 e. The normalized spacial score (nSPS) is 11.9. The molecular formula is C24H14BrNO. The van der Waals surface area contributed by atoms with Gasteiger partial charge in [0.05, 0.1) is 16.4 Å². The molecule has 128 valence electrons. The van der Waals surface area contributed by atoms with Gasteiger partial charge in [0.25, 0.3) is 0 Å². The average molecular weight is 412 g/mol. The molecule has 27 heavy (non-hydrogen) atoms. The van der Waals surface area contributed by atoms with Crippen LogP contribution in [0.5, 0.6) is 0 Å². The van der Waals surface area contributed by atoms with Gasteiger partial charge in [-0.3, -0.25) is 0 Å². The minimum absolute atomic E-state index is 0.916. The van der Waals surface area contributed by atoms with Gasteiger partial charge in [0.15, 0.2) is 0 Å². The predicted molar refractivity (Wildman–Crippen MR) is 116 cm³/mol. The second-order valence-electron chi connectivity index (χ2n) is 6.74. The van der Waals surface area contributed by atoms with Crippen molar-refractivity contribution in [2.45, 2.75) is 0 Å². The van der Waals surface area contributed by atoms with Gasteiger partial charge < -0.3 is 8.98 Å². The van der Waals surface area contributed by atoms with E-state index in [0.29, 0.717) is 0 Å². The molecule has 0 aliphatic rings. The fourth-order valence-electron chi connectivity index (χ4n) is 4.16. The summed E-state index contributed by atoms with van der Waals surface area (Å²) in [5.74, 6) is 0. The number of rotatable bonds is 1. The van der Waals surface area contributed by atoms with Crippen LogP contribution in [-0.4, -0.2) is 4.57 Å². The SMILES string of the molecule is Brc1cccc2c1c1ccc3oc4ccccc4c3c1n2-c1ccccc1. The molecule has 2 heterocycles. The molecule has 0 aliphatic carbocycles. The minimum Gasteiger partial charge on any atom is -0.456 e. The van der Waals surface area contributed by atoms with Crippen LogP contribution >= 0.6 is 15.9 Å². The lowest BCUT2D eigenvalue weighted by Gasteiger charge is -2.08. The van der Waals surface area contributed by atoms with Gasteiger partial charge in [-0.25, -0.2) is 0 Å². The third-order valence-electron chi connectivity index (χ3n) is 5.26. The Morgan fingerprint density at radius 3 is 2.33 bits per heavy atom. The molecule has 0 unspecified atom stereocenters. The minimum atomic E-state index is 0.916. The Balaban J connectivity index is 1.97. The summed E-state index contributed by atoms with van der Waals surface area (Å²) in [6.45, 7) is 0. The molecule has 2 nitrogen and oxygen atoms in total.